The average molecular weight is 427 g/mol. The molecule has 2 amide bonds. The summed E-state index contributed by atoms with van der Waals surface area (Å²) in [7, 11) is 0. The Kier molecular flexibility index (Phi) is 4.16. The van der Waals surface area contributed by atoms with E-state index in [4.69, 9.17) is 0 Å². The molecule has 32 heavy (non-hydrogen) atoms. The van der Waals surface area contributed by atoms with Gasteiger partial charge in [-0.15, -0.1) is 0 Å². The predicted molar refractivity (Wildman–Crippen MR) is 117 cm³/mol. The maximum atomic E-state index is 13.4. The van der Waals surface area contributed by atoms with E-state index in [0.717, 1.165) is 21.7 Å². The van der Waals surface area contributed by atoms with Gasteiger partial charge in [0, 0.05) is 18.3 Å². The summed E-state index contributed by atoms with van der Waals surface area (Å²) in [5.41, 5.74) is 4.34. The van der Waals surface area contributed by atoms with Gasteiger partial charge in [0.2, 0.25) is 0 Å². The highest BCUT2D eigenvalue weighted by Crippen LogP contribution is 2.35. The number of benzene rings is 2. The third kappa shape index (κ3) is 2.71. The quantitative estimate of drug-likeness (QED) is 0.277. The van der Waals surface area contributed by atoms with Crippen LogP contribution in [0.2, 0.25) is 0 Å². The molecular formula is C23H17N5O4. The Balaban J connectivity index is 1.69. The number of fused-ring (bicyclic) bond motifs is 3. The average Bonchev–Trinajstić information content (AvgIpc) is 3.24. The molecule has 2 aromatic carbocycles. The zero-order valence-electron chi connectivity index (χ0n) is 17.5. The summed E-state index contributed by atoms with van der Waals surface area (Å²) in [4.78, 5) is 42.4. The fourth-order valence-electron chi connectivity index (χ4n) is 3.98. The molecular weight excluding hydrogens is 410 g/mol. The van der Waals surface area contributed by atoms with Gasteiger partial charge in [-0.3, -0.25) is 19.7 Å². The Morgan fingerprint density at radius 3 is 2.44 bits per heavy atom. The summed E-state index contributed by atoms with van der Waals surface area (Å²) >= 11 is 0. The molecule has 4 aromatic rings. The number of aromatic nitrogens is 3. The molecule has 1 aliphatic rings. The fourth-order valence-corrected chi connectivity index (χ4v) is 3.98. The first-order chi connectivity index (χ1) is 15.3. The van der Waals surface area contributed by atoms with Crippen molar-refractivity contribution in [3.63, 3.8) is 0 Å². The van der Waals surface area contributed by atoms with Crippen molar-refractivity contribution >= 4 is 34.2 Å². The Labute approximate surface area is 182 Å². The molecule has 1 aliphatic heterocycles. The first-order valence-electron chi connectivity index (χ1n) is 9.87. The Morgan fingerprint density at radius 1 is 0.938 bits per heavy atom. The number of aryl methyl sites for hydroxylation is 3. The van der Waals surface area contributed by atoms with Gasteiger partial charge in [-0.1, -0.05) is 12.1 Å². The highest BCUT2D eigenvalue weighted by molar-refractivity contribution is 6.37. The number of carbonyl (C=O) groups is 2. The van der Waals surface area contributed by atoms with Gasteiger partial charge in [-0.25, -0.2) is 14.6 Å². The van der Waals surface area contributed by atoms with Crippen LogP contribution < -0.4 is 4.90 Å². The SMILES string of the molecule is Cc1ccc(-n2nc(C)c3c4c(cnc32)C(=O)N(c2cccc([N+](=O)[O-])c2)C4=O)cc1C. The van der Waals surface area contributed by atoms with Crippen LogP contribution in [0.4, 0.5) is 11.4 Å². The van der Waals surface area contributed by atoms with E-state index in [1.807, 2.05) is 32.0 Å². The third-order valence-corrected chi connectivity index (χ3v) is 5.76. The van der Waals surface area contributed by atoms with E-state index >= 15 is 0 Å². The van der Waals surface area contributed by atoms with E-state index in [0.29, 0.717) is 16.7 Å². The summed E-state index contributed by atoms with van der Waals surface area (Å²) < 4.78 is 1.66. The van der Waals surface area contributed by atoms with E-state index in [1.165, 1.54) is 30.5 Å². The summed E-state index contributed by atoms with van der Waals surface area (Å²) in [6.45, 7) is 5.78. The summed E-state index contributed by atoms with van der Waals surface area (Å²) in [6.07, 6.45) is 1.37. The van der Waals surface area contributed by atoms with Crippen LogP contribution in [0, 0.1) is 30.9 Å². The second-order valence-corrected chi connectivity index (χ2v) is 7.73. The molecule has 0 fully saturated rings. The lowest BCUT2D eigenvalue weighted by Crippen LogP contribution is -2.29. The van der Waals surface area contributed by atoms with Gasteiger partial charge < -0.3 is 0 Å². The molecule has 158 valence electrons. The molecule has 9 nitrogen and oxygen atoms in total. The summed E-state index contributed by atoms with van der Waals surface area (Å²) in [6, 6.07) is 11.3. The largest absolute Gasteiger partial charge is 0.271 e. The van der Waals surface area contributed by atoms with Crippen LogP contribution in [0.1, 0.15) is 37.5 Å². The van der Waals surface area contributed by atoms with E-state index in [9.17, 15) is 19.7 Å². The normalized spacial score (nSPS) is 13.2. The van der Waals surface area contributed by atoms with Crippen molar-refractivity contribution in [2.24, 2.45) is 0 Å². The molecule has 9 heteroatoms. The number of nitrogens with zero attached hydrogens (tertiary/aromatic N) is 5. The van der Waals surface area contributed by atoms with E-state index < -0.39 is 16.7 Å². The maximum absolute atomic E-state index is 13.4. The number of hydrogen-bond acceptors (Lipinski definition) is 6. The predicted octanol–water partition coefficient (Wildman–Crippen LogP) is 4.05. The maximum Gasteiger partial charge on any atom is 0.271 e. The van der Waals surface area contributed by atoms with Crippen molar-refractivity contribution in [1.29, 1.82) is 0 Å². The number of rotatable bonds is 3. The minimum Gasteiger partial charge on any atom is -0.268 e. The zero-order valence-corrected chi connectivity index (χ0v) is 17.5. The minimum atomic E-state index is -0.571. The van der Waals surface area contributed by atoms with Gasteiger partial charge in [0.25, 0.3) is 17.5 Å². The molecule has 0 saturated carbocycles. The smallest absolute Gasteiger partial charge is 0.268 e. The Hall–Kier alpha value is -4.40. The molecule has 0 spiro atoms. The molecule has 5 rings (SSSR count). The standard InChI is InChI=1S/C23H17N5O4/c1-12-7-8-16(9-13(12)2)27-21-19(14(3)25-27)20-18(11-24-21)22(29)26(23(20)30)15-5-4-6-17(10-15)28(31)32/h4-11H,1-3H3. The van der Waals surface area contributed by atoms with Crippen LogP contribution in [0.25, 0.3) is 16.7 Å². The van der Waals surface area contributed by atoms with Crippen molar-refractivity contribution in [1.82, 2.24) is 14.8 Å². The van der Waals surface area contributed by atoms with Gasteiger partial charge in [0.05, 0.1) is 38.5 Å². The van der Waals surface area contributed by atoms with Gasteiger partial charge in [0.15, 0.2) is 5.65 Å². The number of nitro groups is 1. The monoisotopic (exact) mass is 427 g/mol. The van der Waals surface area contributed by atoms with Crippen molar-refractivity contribution in [2.45, 2.75) is 20.8 Å². The van der Waals surface area contributed by atoms with Crippen LogP contribution in [-0.4, -0.2) is 31.5 Å². The number of carbonyl (C=O) groups excluding carboxylic acids is 2. The van der Waals surface area contributed by atoms with Gasteiger partial charge in [0.1, 0.15) is 0 Å². The Morgan fingerprint density at radius 2 is 1.72 bits per heavy atom. The number of nitro benzene ring substituents is 1. The van der Waals surface area contributed by atoms with E-state index in [2.05, 4.69) is 10.1 Å². The third-order valence-electron chi connectivity index (χ3n) is 5.76. The molecule has 2 aromatic heterocycles. The van der Waals surface area contributed by atoms with Crippen molar-refractivity contribution in [3.8, 4) is 5.69 Å². The van der Waals surface area contributed by atoms with Crippen LogP contribution >= 0.6 is 0 Å². The molecule has 0 bridgehead atoms. The van der Waals surface area contributed by atoms with Crippen molar-refractivity contribution in [3.05, 3.63) is 86.7 Å². The second kappa shape index (κ2) is 6.81. The van der Waals surface area contributed by atoms with E-state index in [1.54, 1.807) is 11.6 Å². The molecule has 0 unspecified atom stereocenters. The number of anilines is 1. The zero-order chi connectivity index (χ0) is 22.7. The van der Waals surface area contributed by atoms with Gasteiger partial charge >= 0.3 is 0 Å². The lowest BCUT2D eigenvalue weighted by Gasteiger charge is -2.13. The number of amides is 2. The molecule has 0 radical (unpaired) electrons. The number of non-ortho nitro benzene ring substituents is 1. The lowest BCUT2D eigenvalue weighted by molar-refractivity contribution is -0.384. The van der Waals surface area contributed by atoms with Crippen molar-refractivity contribution in [2.75, 3.05) is 4.90 Å². The highest BCUT2D eigenvalue weighted by Gasteiger charge is 2.40. The van der Waals surface area contributed by atoms with Crippen LogP contribution in [0.15, 0.2) is 48.7 Å². The first-order valence-corrected chi connectivity index (χ1v) is 9.87. The summed E-state index contributed by atoms with van der Waals surface area (Å²) in [5, 5.41) is 16.2. The second-order valence-electron chi connectivity index (χ2n) is 7.73. The molecule has 0 atom stereocenters. The number of hydrogen-bond donors (Lipinski definition) is 0. The molecule has 0 N–H and O–H groups in total. The lowest BCUT2D eigenvalue weighted by atomic mass is 10.1. The van der Waals surface area contributed by atoms with E-state index in [-0.39, 0.29) is 22.5 Å². The minimum absolute atomic E-state index is 0.137. The van der Waals surface area contributed by atoms with Gasteiger partial charge in [-0.05, 0) is 50.1 Å². The highest BCUT2D eigenvalue weighted by atomic mass is 16.6. The number of imide groups is 1. The topological polar surface area (TPSA) is 111 Å². The van der Waals surface area contributed by atoms with Gasteiger partial charge in [-0.2, -0.15) is 5.10 Å². The van der Waals surface area contributed by atoms with Crippen LogP contribution in [0.5, 0.6) is 0 Å². The fraction of sp³-hybridized carbons (Fsp3) is 0.130. The number of pyridine rings is 1. The van der Waals surface area contributed by atoms with Crippen LogP contribution in [-0.2, 0) is 0 Å². The molecule has 0 saturated heterocycles. The first kappa shape index (κ1) is 19.6. The van der Waals surface area contributed by atoms with Crippen molar-refractivity contribution < 1.29 is 14.5 Å². The molecule has 3 heterocycles. The Bertz CT molecular complexity index is 1490. The van der Waals surface area contributed by atoms with Crippen LogP contribution in [0.3, 0.4) is 0 Å². The molecule has 0 aliphatic carbocycles. The summed E-state index contributed by atoms with van der Waals surface area (Å²) in [5.74, 6) is -1.13.